The molecule has 1 aliphatic carbocycles. The third-order valence-electron chi connectivity index (χ3n) is 4.47. The maximum atomic E-state index is 12.4. The van der Waals surface area contributed by atoms with Gasteiger partial charge in [-0.1, -0.05) is 31.0 Å². The van der Waals surface area contributed by atoms with Crippen molar-refractivity contribution in [3.63, 3.8) is 0 Å². The molecule has 0 unspecified atom stereocenters. The zero-order chi connectivity index (χ0) is 17.1. The zero-order valence-electron chi connectivity index (χ0n) is 13.7. The summed E-state index contributed by atoms with van der Waals surface area (Å²) in [5.41, 5.74) is 0.223. The third kappa shape index (κ3) is 3.32. The molecule has 1 aliphatic rings. The Kier molecular flexibility index (Phi) is 4.64. The molecule has 2 aromatic rings. The predicted octanol–water partition coefficient (Wildman–Crippen LogP) is 1.37. The van der Waals surface area contributed by atoms with Crippen LogP contribution in [-0.4, -0.2) is 21.1 Å². The first-order valence-electron chi connectivity index (χ1n) is 8.24. The van der Waals surface area contributed by atoms with E-state index >= 15 is 0 Å². The predicted molar refractivity (Wildman–Crippen MR) is 91.4 cm³/mol. The number of hydrogen-bond donors (Lipinski definition) is 1. The number of benzene rings is 1. The minimum Gasteiger partial charge on any atom is -0.352 e. The lowest BCUT2D eigenvalue weighted by Crippen LogP contribution is -2.43. The minimum atomic E-state index is -0.692. The first-order chi connectivity index (χ1) is 11.6. The Bertz CT molecular complexity index is 860. The number of nitrogens with one attached hydrogen (secondary N) is 1. The molecular weight excluding hydrogens is 306 g/mol. The van der Waals surface area contributed by atoms with Gasteiger partial charge >= 0.3 is 11.1 Å². The standard InChI is InChI=1S/C18H21N3O3/c1-13-6-2-5-9-15(13)21-11-10-20(17(23)18(21)24)12-16(22)19-14-7-3-4-8-14/h2,5-6,9-11,14H,3-4,7-8,12H2,1H3,(H,19,22). The summed E-state index contributed by atoms with van der Waals surface area (Å²) in [6.45, 7) is 1.75. The first-order valence-corrected chi connectivity index (χ1v) is 8.24. The summed E-state index contributed by atoms with van der Waals surface area (Å²) < 4.78 is 2.49. The molecule has 1 aromatic carbocycles. The van der Waals surface area contributed by atoms with Crippen LogP contribution in [0, 0.1) is 6.92 Å². The first kappa shape index (κ1) is 16.2. The minimum absolute atomic E-state index is 0.126. The van der Waals surface area contributed by atoms with Gasteiger partial charge < -0.3 is 5.32 Å². The molecule has 1 aromatic heterocycles. The fourth-order valence-corrected chi connectivity index (χ4v) is 3.15. The van der Waals surface area contributed by atoms with Crippen molar-refractivity contribution in [1.29, 1.82) is 0 Å². The molecule has 6 heteroatoms. The maximum Gasteiger partial charge on any atom is 0.320 e. The summed E-state index contributed by atoms with van der Waals surface area (Å²) in [5, 5.41) is 2.92. The molecule has 1 fully saturated rings. The van der Waals surface area contributed by atoms with E-state index in [-0.39, 0.29) is 18.5 Å². The summed E-state index contributed by atoms with van der Waals surface area (Å²) in [6.07, 6.45) is 7.24. The van der Waals surface area contributed by atoms with Gasteiger partial charge in [-0.2, -0.15) is 0 Å². The molecule has 0 radical (unpaired) electrons. The van der Waals surface area contributed by atoms with Crippen LogP contribution in [0.4, 0.5) is 0 Å². The molecular formula is C18H21N3O3. The van der Waals surface area contributed by atoms with Crippen LogP contribution in [0.15, 0.2) is 46.2 Å². The molecule has 126 valence electrons. The van der Waals surface area contributed by atoms with Crippen molar-refractivity contribution in [3.8, 4) is 5.69 Å². The Morgan fingerprint density at radius 3 is 2.54 bits per heavy atom. The van der Waals surface area contributed by atoms with Gasteiger partial charge in [0, 0.05) is 18.4 Å². The molecule has 0 atom stereocenters. The number of nitrogens with zero attached hydrogens (tertiary/aromatic N) is 2. The Morgan fingerprint density at radius 2 is 1.83 bits per heavy atom. The van der Waals surface area contributed by atoms with E-state index in [0.717, 1.165) is 31.2 Å². The van der Waals surface area contributed by atoms with E-state index in [9.17, 15) is 14.4 Å². The van der Waals surface area contributed by atoms with Crippen molar-refractivity contribution in [2.45, 2.75) is 45.2 Å². The monoisotopic (exact) mass is 327 g/mol. The topological polar surface area (TPSA) is 73.1 Å². The second-order valence-corrected chi connectivity index (χ2v) is 6.24. The SMILES string of the molecule is Cc1ccccc1-n1ccn(CC(=O)NC2CCCC2)c(=O)c1=O. The van der Waals surface area contributed by atoms with Gasteiger partial charge in [-0.15, -0.1) is 0 Å². The van der Waals surface area contributed by atoms with E-state index in [4.69, 9.17) is 0 Å². The molecule has 1 N–H and O–H groups in total. The number of carbonyl (C=O) groups is 1. The molecule has 3 rings (SSSR count). The van der Waals surface area contributed by atoms with E-state index in [1.165, 1.54) is 21.5 Å². The summed E-state index contributed by atoms with van der Waals surface area (Å²) in [4.78, 5) is 36.7. The second kappa shape index (κ2) is 6.86. The van der Waals surface area contributed by atoms with Crippen molar-refractivity contribution in [1.82, 2.24) is 14.5 Å². The van der Waals surface area contributed by atoms with Crippen LogP contribution in [0.25, 0.3) is 5.69 Å². The summed E-state index contributed by atoms with van der Waals surface area (Å²) in [6, 6.07) is 7.55. The van der Waals surface area contributed by atoms with Crippen molar-refractivity contribution < 1.29 is 4.79 Å². The molecule has 0 saturated heterocycles. The lowest BCUT2D eigenvalue weighted by molar-refractivity contribution is -0.122. The van der Waals surface area contributed by atoms with Gasteiger partial charge in [-0.3, -0.25) is 23.5 Å². The molecule has 24 heavy (non-hydrogen) atoms. The van der Waals surface area contributed by atoms with E-state index in [1.54, 1.807) is 6.07 Å². The number of para-hydroxylation sites is 1. The highest BCUT2D eigenvalue weighted by Crippen LogP contribution is 2.17. The van der Waals surface area contributed by atoms with Crippen LogP contribution in [0.2, 0.25) is 0 Å². The molecule has 1 saturated carbocycles. The van der Waals surface area contributed by atoms with Crippen LogP contribution in [0.5, 0.6) is 0 Å². The fraction of sp³-hybridized carbons (Fsp3) is 0.389. The Hall–Kier alpha value is -2.63. The Morgan fingerprint density at radius 1 is 1.12 bits per heavy atom. The van der Waals surface area contributed by atoms with Crippen molar-refractivity contribution in [3.05, 3.63) is 62.9 Å². The van der Waals surface area contributed by atoms with Gasteiger partial charge in [-0.05, 0) is 31.4 Å². The second-order valence-electron chi connectivity index (χ2n) is 6.24. The Balaban J connectivity index is 1.83. The van der Waals surface area contributed by atoms with Gasteiger partial charge in [-0.25, -0.2) is 0 Å². The van der Waals surface area contributed by atoms with E-state index in [2.05, 4.69) is 5.32 Å². The molecule has 6 nitrogen and oxygen atoms in total. The quantitative estimate of drug-likeness (QED) is 0.862. The molecule has 1 amide bonds. The van der Waals surface area contributed by atoms with Crippen LogP contribution < -0.4 is 16.4 Å². The number of carbonyl (C=O) groups excluding carboxylic acids is 1. The maximum absolute atomic E-state index is 12.4. The van der Waals surface area contributed by atoms with Gasteiger partial charge in [0.25, 0.3) is 0 Å². The molecule has 0 bridgehead atoms. The van der Waals surface area contributed by atoms with Gasteiger partial charge in [0.15, 0.2) is 0 Å². The average molecular weight is 327 g/mol. The number of aromatic nitrogens is 2. The summed E-state index contributed by atoms with van der Waals surface area (Å²) in [7, 11) is 0. The summed E-state index contributed by atoms with van der Waals surface area (Å²) >= 11 is 0. The molecule has 0 aliphatic heterocycles. The highest BCUT2D eigenvalue weighted by Gasteiger charge is 2.18. The lowest BCUT2D eigenvalue weighted by Gasteiger charge is -2.13. The van der Waals surface area contributed by atoms with Crippen molar-refractivity contribution in [2.24, 2.45) is 0 Å². The highest BCUT2D eigenvalue weighted by atomic mass is 16.2. The van der Waals surface area contributed by atoms with Crippen LogP contribution in [-0.2, 0) is 11.3 Å². The third-order valence-corrected chi connectivity index (χ3v) is 4.47. The van der Waals surface area contributed by atoms with E-state index in [0.29, 0.717) is 5.69 Å². The molecule has 0 spiro atoms. The fourth-order valence-electron chi connectivity index (χ4n) is 3.15. The van der Waals surface area contributed by atoms with Crippen LogP contribution >= 0.6 is 0 Å². The number of rotatable bonds is 4. The number of amides is 1. The normalized spacial score (nSPS) is 14.7. The largest absolute Gasteiger partial charge is 0.352 e. The van der Waals surface area contributed by atoms with Gasteiger partial charge in [0.05, 0.1) is 5.69 Å². The van der Waals surface area contributed by atoms with Crippen LogP contribution in [0.3, 0.4) is 0 Å². The average Bonchev–Trinajstić information content (AvgIpc) is 3.06. The smallest absolute Gasteiger partial charge is 0.320 e. The number of aryl methyl sites for hydroxylation is 1. The lowest BCUT2D eigenvalue weighted by atomic mass is 10.2. The van der Waals surface area contributed by atoms with Gasteiger partial charge in [0.1, 0.15) is 6.54 Å². The highest BCUT2D eigenvalue weighted by molar-refractivity contribution is 5.76. The van der Waals surface area contributed by atoms with Gasteiger partial charge in [0.2, 0.25) is 5.91 Å². The van der Waals surface area contributed by atoms with E-state index in [1.807, 2.05) is 25.1 Å². The zero-order valence-corrected chi connectivity index (χ0v) is 13.7. The van der Waals surface area contributed by atoms with Crippen molar-refractivity contribution in [2.75, 3.05) is 0 Å². The Labute approximate surface area is 139 Å². The van der Waals surface area contributed by atoms with Crippen LogP contribution in [0.1, 0.15) is 31.2 Å². The van der Waals surface area contributed by atoms with Crippen molar-refractivity contribution >= 4 is 5.91 Å². The van der Waals surface area contributed by atoms with E-state index < -0.39 is 11.1 Å². The molecule has 1 heterocycles. The summed E-state index contributed by atoms with van der Waals surface area (Å²) in [5.74, 6) is -0.225. The number of hydrogen-bond acceptors (Lipinski definition) is 3.